The molecule has 1 aromatic carbocycles. The summed E-state index contributed by atoms with van der Waals surface area (Å²) in [7, 11) is 2.72. The van der Waals surface area contributed by atoms with Crippen molar-refractivity contribution in [3.63, 3.8) is 0 Å². The number of halogens is 5. The van der Waals surface area contributed by atoms with E-state index in [1.54, 1.807) is 0 Å². The molecule has 0 unspecified atom stereocenters. The minimum atomic E-state index is -3.19. The summed E-state index contributed by atoms with van der Waals surface area (Å²) < 4.78 is 68.7. The number of hydrogen-bond acceptors (Lipinski definition) is 3. The van der Waals surface area contributed by atoms with Crippen LogP contribution in [0.2, 0.25) is 0 Å². The minimum Gasteiger partial charge on any atom is -0.344 e. The zero-order valence-electron chi connectivity index (χ0n) is 15.6. The SMILES string of the molecule is CN1C[C@H](c2cc(C(C)(F)F)n(C)n2)[C@@H](C(=O)Nc2ccc(F)c(F)c2F)C1=O. The first-order chi connectivity index (χ1) is 13.4. The quantitative estimate of drug-likeness (QED) is 0.474. The maximum Gasteiger partial charge on any atom is 0.286 e. The lowest BCUT2D eigenvalue weighted by atomic mass is 9.91. The van der Waals surface area contributed by atoms with Crippen LogP contribution in [0, 0.1) is 23.4 Å². The molecule has 2 heterocycles. The third-order valence-corrected chi connectivity index (χ3v) is 4.82. The summed E-state index contributed by atoms with van der Waals surface area (Å²) in [5.41, 5.74) is -0.954. The first-order valence-electron chi connectivity index (χ1n) is 8.53. The van der Waals surface area contributed by atoms with Gasteiger partial charge in [-0.3, -0.25) is 14.3 Å². The Balaban J connectivity index is 1.93. The van der Waals surface area contributed by atoms with Crippen molar-refractivity contribution in [3.05, 3.63) is 47.0 Å². The third kappa shape index (κ3) is 3.68. The van der Waals surface area contributed by atoms with E-state index in [-0.39, 0.29) is 12.2 Å². The molecule has 1 N–H and O–H groups in total. The number of alkyl halides is 2. The van der Waals surface area contributed by atoms with E-state index in [9.17, 15) is 31.5 Å². The van der Waals surface area contributed by atoms with Gasteiger partial charge in [-0.15, -0.1) is 0 Å². The highest BCUT2D eigenvalue weighted by Crippen LogP contribution is 2.36. The van der Waals surface area contributed by atoms with E-state index < -0.39 is 58.4 Å². The van der Waals surface area contributed by atoms with Crippen molar-refractivity contribution < 1.29 is 31.5 Å². The fraction of sp³-hybridized carbons (Fsp3) is 0.389. The standard InChI is InChI=1S/C18H17F5N4O2/c1-18(22,23)12-6-11(25-27(12)3)8-7-26(2)17(29)13(8)16(28)24-10-5-4-9(19)14(20)15(10)21/h4-6,8,13H,7H2,1-3H3,(H,24,28)/t8-,13+/m1/s1. The van der Waals surface area contributed by atoms with Crippen molar-refractivity contribution in [2.45, 2.75) is 18.8 Å². The van der Waals surface area contributed by atoms with Gasteiger partial charge in [0.05, 0.1) is 11.4 Å². The zero-order chi connectivity index (χ0) is 21.7. The van der Waals surface area contributed by atoms with Crippen LogP contribution >= 0.6 is 0 Å². The summed E-state index contributed by atoms with van der Waals surface area (Å²) in [6.07, 6.45) is 0. The van der Waals surface area contributed by atoms with Gasteiger partial charge >= 0.3 is 0 Å². The molecule has 156 valence electrons. The molecule has 0 bridgehead atoms. The lowest BCUT2D eigenvalue weighted by Crippen LogP contribution is -2.33. The number of amides is 2. The van der Waals surface area contributed by atoms with Crippen molar-refractivity contribution in [2.75, 3.05) is 18.9 Å². The molecule has 2 amide bonds. The van der Waals surface area contributed by atoms with E-state index in [1.165, 1.54) is 19.0 Å². The van der Waals surface area contributed by atoms with Gasteiger partial charge in [0, 0.05) is 33.5 Å². The Morgan fingerprint density at radius 1 is 1.21 bits per heavy atom. The van der Waals surface area contributed by atoms with Crippen molar-refractivity contribution in [2.24, 2.45) is 13.0 Å². The highest BCUT2D eigenvalue weighted by molar-refractivity contribution is 6.08. The Labute approximate surface area is 162 Å². The highest BCUT2D eigenvalue weighted by atomic mass is 19.3. The molecule has 3 rings (SSSR count). The van der Waals surface area contributed by atoms with E-state index in [2.05, 4.69) is 10.4 Å². The third-order valence-electron chi connectivity index (χ3n) is 4.82. The first-order valence-corrected chi connectivity index (χ1v) is 8.53. The number of hydrogen-bond donors (Lipinski definition) is 1. The van der Waals surface area contributed by atoms with E-state index in [0.717, 1.165) is 16.8 Å². The van der Waals surface area contributed by atoms with Crippen LogP contribution in [0.25, 0.3) is 0 Å². The second-order valence-electron chi connectivity index (χ2n) is 6.98. The molecule has 0 radical (unpaired) electrons. The van der Waals surface area contributed by atoms with Gasteiger partial charge in [-0.25, -0.2) is 13.2 Å². The van der Waals surface area contributed by atoms with E-state index in [1.807, 2.05) is 0 Å². The van der Waals surface area contributed by atoms with Crippen LogP contribution in [0.1, 0.15) is 24.2 Å². The maximum absolute atomic E-state index is 13.9. The highest BCUT2D eigenvalue weighted by Gasteiger charge is 2.46. The van der Waals surface area contributed by atoms with E-state index in [4.69, 9.17) is 0 Å². The topological polar surface area (TPSA) is 67.2 Å². The number of aryl methyl sites for hydroxylation is 1. The molecule has 6 nitrogen and oxygen atoms in total. The molecule has 2 aromatic rings. The molecule has 0 aliphatic carbocycles. The molecule has 11 heteroatoms. The van der Waals surface area contributed by atoms with Gasteiger partial charge in [0.1, 0.15) is 11.6 Å². The Morgan fingerprint density at radius 3 is 2.45 bits per heavy atom. The van der Waals surface area contributed by atoms with Gasteiger partial charge in [-0.1, -0.05) is 0 Å². The molecule has 1 fully saturated rings. The van der Waals surface area contributed by atoms with Gasteiger partial charge in [-0.2, -0.15) is 13.9 Å². The van der Waals surface area contributed by atoms with Gasteiger partial charge in [0.25, 0.3) is 5.92 Å². The summed E-state index contributed by atoms with van der Waals surface area (Å²) in [5.74, 6) is -11.9. The predicted molar refractivity (Wildman–Crippen MR) is 91.6 cm³/mol. The Hall–Kier alpha value is -2.98. The van der Waals surface area contributed by atoms with Crippen LogP contribution in [0.3, 0.4) is 0 Å². The van der Waals surface area contributed by atoms with Crippen molar-refractivity contribution in [1.29, 1.82) is 0 Å². The molecule has 1 saturated heterocycles. The van der Waals surface area contributed by atoms with Gasteiger partial charge in [-0.05, 0) is 18.2 Å². The number of likely N-dealkylation sites (tertiary alicyclic amines) is 1. The number of benzene rings is 1. The number of nitrogens with one attached hydrogen (secondary N) is 1. The Bertz CT molecular complexity index is 985. The Morgan fingerprint density at radius 2 is 1.86 bits per heavy atom. The number of rotatable bonds is 4. The van der Waals surface area contributed by atoms with Gasteiger partial charge in [0.15, 0.2) is 17.5 Å². The van der Waals surface area contributed by atoms with Crippen molar-refractivity contribution in [1.82, 2.24) is 14.7 Å². The summed E-state index contributed by atoms with van der Waals surface area (Å²) in [4.78, 5) is 26.4. The number of nitrogens with zero attached hydrogens (tertiary/aromatic N) is 3. The van der Waals surface area contributed by atoms with Crippen molar-refractivity contribution in [3.8, 4) is 0 Å². The lowest BCUT2D eigenvalue weighted by molar-refractivity contribution is -0.135. The number of likely N-dealkylation sites (N-methyl/N-ethyl adjacent to an activating group) is 1. The molecular formula is C18H17F5N4O2. The molecule has 1 aromatic heterocycles. The van der Waals surface area contributed by atoms with E-state index in [0.29, 0.717) is 13.0 Å². The molecule has 29 heavy (non-hydrogen) atoms. The first kappa shape index (κ1) is 20.7. The fourth-order valence-electron chi connectivity index (χ4n) is 3.37. The Kier molecular flexibility index (Phi) is 5.10. The van der Waals surface area contributed by atoms with Crippen LogP contribution in [-0.4, -0.2) is 40.1 Å². The largest absolute Gasteiger partial charge is 0.344 e. The molecule has 1 aliphatic rings. The predicted octanol–water partition coefficient (Wildman–Crippen LogP) is 2.76. The van der Waals surface area contributed by atoms with Gasteiger partial charge < -0.3 is 10.2 Å². The van der Waals surface area contributed by atoms with Crippen LogP contribution in [0.4, 0.5) is 27.6 Å². The molecule has 2 atom stereocenters. The number of aromatic nitrogens is 2. The average molecular weight is 416 g/mol. The van der Waals surface area contributed by atoms with Crippen LogP contribution < -0.4 is 5.32 Å². The number of anilines is 1. The number of carbonyl (C=O) groups excluding carboxylic acids is 2. The van der Waals surface area contributed by atoms with Crippen molar-refractivity contribution >= 4 is 17.5 Å². The maximum atomic E-state index is 13.9. The summed E-state index contributed by atoms with van der Waals surface area (Å²) in [6, 6.07) is 2.55. The normalized spacial score (nSPS) is 19.7. The van der Waals surface area contributed by atoms with E-state index >= 15 is 0 Å². The average Bonchev–Trinajstić information content (AvgIpc) is 3.16. The lowest BCUT2D eigenvalue weighted by Gasteiger charge is -2.15. The van der Waals surface area contributed by atoms with Gasteiger partial charge in [0.2, 0.25) is 11.8 Å². The summed E-state index contributed by atoms with van der Waals surface area (Å²) in [6.45, 7) is 0.707. The molecule has 0 spiro atoms. The zero-order valence-corrected chi connectivity index (χ0v) is 15.6. The molecular weight excluding hydrogens is 399 g/mol. The second-order valence-corrected chi connectivity index (χ2v) is 6.98. The van der Waals surface area contributed by atoms with Crippen LogP contribution in [0.5, 0.6) is 0 Å². The summed E-state index contributed by atoms with van der Waals surface area (Å²) in [5, 5.41) is 6.08. The fourth-order valence-corrected chi connectivity index (χ4v) is 3.37. The smallest absolute Gasteiger partial charge is 0.286 e. The number of carbonyl (C=O) groups is 2. The van der Waals surface area contributed by atoms with Crippen LogP contribution in [-0.2, 0) is 22.6 Å². The van der Waals surface area contributed by atoms with Crippen LogP contribution in [0.15, 0.2) is 18.2 Å². The minimum absolute atomic E-state index is 0.0168. The summed E-state index contributed by atoms with van der Waals surface area (Å²) >= 11 is 0. The second kappa shape index (κ2) is 7.12. The molecule has 1 aliphatic heterocycles. The molecule has 0 saturated carbocycles. The monoisotopic (exact) mass is 416 g/mol.